The minimum Gasteiger partial charge on any atom is -0.457 e. The van der Waals surface area contributed by atoms with Crippen molar-refractivity contribution in [3.8, 4) is 11.5 Å². The highest BCUT2D eigenvalue weighted by molar-refractivity contribution is 6.09. The summed E-state index contributed by atoms with van der Waals surface area (Å²) in [6.07, 6.45) is -10.9. The van der Waals surface area contributed by atoms with Crippen molar-refractivity contribution in [1.82, 2.24) is 0 Å². The summed E-state index contributed by atoms with van der Waals surface area (Å²) >= 11 is 0. The van der Waals surface area contributed by atoms with E-state index < -0.39 is 28.9 Å². The SMILES string of the molecule is CC(C)(C)Cc1ccc(C(c2ccc(Oc3ccc(C(=O)c4ccc(C(C)(C)C)cc4)cc3)cc2)(C(F)(F)F)C(F)(F)F)cc1. The second kappa shape index (κ2) is 12.0. The number of alkyl halides is 6. The Hall–Kier alpha value is -4.07. The van der Waals surface area contributed by atoms with E-state index in [4.69, 9.17) is 4.74 Å². The van der Waals surface area contributed by atoms with Gasteiger partial charge in [-0.15, -0.1) is 0 Å². The molecule has 0 atom stereocenters. The fourth-order valence-electron chi connectivity index (χ4n) is 5.34. The van der Waals surface area contributed by atoms with Crippen molar-refractivity contribution in [1.29, 1.82) is 0 Å². The molecule has 0 N–H and O–H groups in total. The Morgan fingerprint density at radius 3 is 1.27 bits per heavy atom. The van der Waals surface area contributed by atoms with E-state index in [0.717, 1.165) is 42.0 Å². The summed E-state index contributed by atoms with van der Waals surface area (Å²) < 4.78 is 93.2. The predicted octanol–water partition coefficient (Wildman–Crippen LogP) is 11.0. The van der Waals surface area contributed by atoms with Crippen LogP contribution in [0, 0.1) is 5.41 Å². The molecule has 0 fully saturated rings. The van der Waals surface area contributed by atoms with Crippen LogP contribution >= 0.6 is 0 Å². The third-order valence-corrected chi connectivity index (χ3v) is 7.62. The van der Waals surface area contributed by atoms with Crippen LogP contribution in [-0.2, 0) is 17.3 Å². The molecule has 0 amide bonds. The molecule has 0 heterocycles. The molecule has 8 heteroatoms. The molecule has 45 heavy (non-hydrogen) atoms. The highest BCUT2D eigenvalue weighted by Gasteiger charge is 2.72. The molecular weight excluding hydrogens is 590 g/mol. The van der Waals surface area contributed by atoms with Crippen LogP contribution in [0.15, 0.2) is 97.1 Å². The van der Waals surface area contributed by atoms with Crippen LogP contribution in [0.1, 0.15) is 79.7 Å². The molecule has 0 aromatic heterocycles. The average Bonchev–Trinajstić information content (AvgIpc) is 2.92. The van der Waals surface area contributed by atoms with E-state index in [1.54, 1.807) is 24.3 Å². The van der Waals surface area contributed by atoms with Gasteiger partial charge in [0.2, 0.25) is 5.41 Å². The molecule has 0 aliphatic heterocycles. The van der Waals surface area contributed by atoms with Gasteiger partial charge in [0.1, 0.15) is 11.5 Å². The summed E-state index contributed by atoms with van der Waals surface area (Å²) in [6, 6.07) is 21.6. The van der Waals surface area contributed by atoms with Crippen LogP contribution in [0.5, 0.6) is 11.5 Å². The maximum Gasteiger partial charge on any atom is 0.411 e. The van der Waals surface area contributed by atoms with Crippen LogP contribution < -0.4 is 4.74 Å². The number of hydrogen-bond acceptors (Lipinski definition) is 2. The van der Waals surface area contributed by atoms with Gasteiger partial charge in [-0.25, -0.2) is 0 Å². The fourth-order valence-corrected chi connectivity index (χ4v) is 5.34. The quantitative estimate of drug-likeness (QED) is 0.151. The first-order valence-corrected chi connectivity index (χ1v) is 14.5. The molecule has 0 aliphatic rings. The van der Waals surface area contributed by atoms with Crippen LogP contribution in [0.3, 0.4) is 0 Å². The van der Waals surface area contributed by atoms with Gasteiger partial charge in [-0.3, -0.25) is 4.79 Å². The molecule has 0 saturated carbocycles. The first-order valence-electron chi connectivity index (χ1n) is 14.5. The number of ether oxygens (including phenoxy) is 1. The molecule has 2 nitrogen and oxygen atoms in total. The van der Waals surface area contributed by atoms with Crippen LogP contribution in [0.2, 0.25) is 0 Å². The van der Waals surface area contributed by atoms with Gasteiger partial charge in [0, 0.05) is 11.1 Å². The summed E-state index contributed by atoms with van der Waals surface area (Å²) in [7, 11) is 0. The Kier molecular flexibility index (Phi) is 9.04. The Morgan fingerprint density at radius 2 is 0.889 bits per heavy atom. The second-order valence-corrected chi connectivity index (χ2v) is 13.5. The van der Waals surface area contributed by atoms with Gasteiger partial charge >= 0.3 is 12.4 Å². The number of benzene rings is 4. The monoisotopic (exact) mass is 626 g/mol. The predicted molar refractivity (Wildman–Crippen MR) is 164 cm³/mol. The lowest BCUT2D eigenvalue weighted by molar-refractivity contribution is -0.288. The topological polar surface area (TPSA) is 26.3 Å². The molecule has 238 valence electrons. The largest absolute Gasteiger partial charge is 0.457 e. The molecule has 0 saturated heterocycles. The lowest BCUT2D eigenvalue weighted by Gasteiger charge is -2.38. The van der Waals surface area contributed by atoms with E-state index >= 15 is 0 Å². The van der Waals surface area contributed by atoms with Gasteiger partial charge in [-0.2, -0.15) is 26.3 Å². The zero-order valence-electron chi connectivity index (χ0n) is 26.0. The zero-order valence-corrected chi connectivity index (χ0v) is 26.0. The summed E-state index contributed by atoms with van der Waals surface area (Å²) in [5, 5.41) is 0. The molecule has 0 bridgehead atoms. The minimum atomic E-state index is -5.69. The van der Waals surface area contributed by atoms with Gasteiger partial charge in [0.15, 0.2) is 5.78 Å². The first kappa shape index (κ1) is 33.8. The average molecular weight is 627 g/mol. The van der Waals surface area contributed by atoms with E-state index in [1.807, 2.05) is 32.9 Å². The second-order valence-electron chi connectivity index (χ2n) is 13.5. The van der Waals surface area contributed by atoms with E-state index in [-0.39, 0.29) is 28.1 Å². The third-order valence-electron chi connectivity index (χ3n) is 7.62. The van der Waals surface area contributed by atoms with Crippen LogP contribution in [-0.4, -0.2) is 18.1 Å². The molecule has 0 unspecified atom stereocenters. The molecule has 0 radical (unpaired) electrons. The van der Waals surface area contributed by atoms with Gasteiger partial charge in [0.05, 0.1) is 0 Å². The number of hydrogen-bond donors (Lipinski definition) is 0. The summed E-state index contributed by atoms with van der Waals surface area (Å²) in [4.78, 5) is 12.9. The van der Waals surface area contributed by atoms with E-state index in [9.17, 15) is 31.1 Å². The van der Waals surface area contributed by atoms with E-state index in [2.05, 4.69) is 20.8 Å². The van der Waals surface area contributed by atoms with Crippen molar-refractivity contribution >= 4 is 5.78 Å². The molecule has 0 aliphatic carbocycles. The van der Waals surface area contributed by atoms with Crippen molar-refractivity contribution in [2.45, 2.75) is 71.1 Å². The maximum absolute atomic E-state index is 14.6. The fraction of sp³-hybridized carbons (Fsp3) is 0.324. The van der Waals surface area contributed by atoms with E-state index in [0.29, 0.717) is 23.1 Å². The number of halogens is 6. The first-order chi connectivity index (χ1) is 20.7. The normalized spacial score (nSPS) is 13.1. The van der Waals surface area contributed by atoms with Crippen molar-refractivity contribution in [2.24, 2.45) is 5.41 Å². The number of ketones is 1. The smallest absolute Gasteiger partial charge is 0.411 e. The zero-order chi connectivity index (χ0) is 33.4. The van der Waals surface area contributed by atoms with Gasteiger partial charge in [-0.05, 0) is 75.9 Å². The van der Waals surface area contributed by atoms with Gasteiger partial charge in [-0.1, -0.05) is 102 Å². The maximum atomic E-state index is 14.6. The Bertz CT molecular complexity index is 1590. The molecular formula is C37H36F6O2. The molecule has 4 aromatic rings. The van der Waals surface area contributed by atoms with Crippen molar-refractivity contribution < 1.29 is 35.9 Å². The lowest BCUT2D eigenvalue weighted by atomic mass is 9.72. The van der Waals surface area contributed by atoms with Crippen molar-refractivity contribution in [2.75, 3.05) is 0 Å². The van der Waals surface area contributed by atoms with Crippen LogP contribution in [0.25, 0.3) is 0 Å². The van der Waals surface area contributed by atoms with Crippen LogP contribution in [0.4, 0.5) is 26.3 Å². The third kappa shape index (κ3) is 7.26. The number of rotatable bonds is 7. The van der Waals surface area contributed by atoms with E-state index in [1.165, 1.54) is 24.3 Å². The number of carbonyl (C=O) groups is 1. The Balaban J connectivity index is 1.59. The lowest BCUT2D eigenvalue weighted by Crippen LogP contribution is -2.54. The van der Waals surface area contributed by atoms with Gasteiger partial charge < -0.3 is 4.74 Å². The summed E-state index contributed by atoms with van der Waals surface area (Å²) in [5.74, 6) is 0.0949. The minimum absolute atomic E-state index is 0.0365. The molecule has 4 aromatic carbocycles. The Labute approximate surface area is 260 Å². The molecule has 0 spiro atoms. The number of carbonyl (C=O) groups excluding carboxylic acids is 1. The molecule has 4 rings (SSSR count). The van der Waals surface area contributed by atoms with Crippen molar-refractivity contribution in [3.05, 3.63) is 130 Å². The highest BCUT2D eigenvalue weighted by Crippen LogP contribution is 2.56. The Morgan fingerprint density at radius 1 is 0.533 bits per heavy atom. The standard InChI is InChI=1S/C37H36F6O2/c1-33(2,3)23-24-7-13-28(14-8-24)35(36(38,39)40,37(41,42)43)29-17-21-31(22-18-29)45-30-19-11-26(12-20-30)32(44)25-9-15-27(16-10-25)34(4,5)6/h7-22H,23H2,1-6H3. The van der Waals surface area contributed by atoms with Gasteiger partial charge in [0.25, 0.3) is 0 Å². The summed E-state index contributed by atoms with van der Waals surface area (Å²) in [5.41, 5.74) is -3.76. The van der Waals surface area contributed by atoms with Crippen molar-refractivity contribution in [3.63, 3.8) is 0 Å². The highest BCUT2D eigenvalue weighted by atomic mass is 19.4. The summed E-state index contributed by atoms with van der Waals surface area (Å²) in [6.45, 7) is 12.0.